The van der Waals surface area contributed by atoms with Crippen molar-refractivity contribution in [1.29, 1.82) is 0 Å². The Labute approximate surface area is 124 Å². The van der Waals surface area contributed by atoms with Crippen molar-refractivity contribution in [3.8, 4) is 5.75 Å². The minimum absolute atomic E-state index is 0.120. The quantitative estimate of drug-likeness (QED) is 0.839. The molecule has 0 saturated heterocycles. The van der Waals surface area contributed by atoms with Crippen LogP contribution in [0.1, 0.15) is 11.8 Å². The summed E-state index contributed by atoms with van der Waals surface area (Å²) in [6, 6.07) is 4.98. The van der Waals surface area contributed by atoms with Gasteiger partial charge in [0, 0.05) is 10.9 Å². The fourth-order valence-corrected chi connectivity index (χ4v) is 4.03. The fourth-order valence-electron chi connectivity index (χ4n) is 1.51. The van der Waals surface area contributed by atoms with Crippen molar-refractivity contribution in [2.45, 2.75) is 17.6 Å². The zero-order valence-corrected chi connectivity index (χ0v) is 12.7. The van der Waals surface area contributed by atoms with Gasteiger partial charge in [-0.2, -0.15) is 0 Å². The van der Waals surface area contributed by atoms with E-state index in [9.17, 15) is 17.9 Å². The average Bonchev–Trinajstić information content (AvgIpc) is 2.85. The van der Waals surface area contributed by atoms with Gasteiger partial charge in [-0.05, 0) is 24.6 Å². The lowest BCUT2D eigenvalue weighted by atomic mass is 10.3. The molecule has 1 heterocycles. The Kier molecular flexibility index (Phi) is 4.22. The highest BCUT2D eigenvalue weighted by Gasteiger charge is 2.19. The number of aromatic hydroxyl groups is 1. The number of hydrogen-bond acceptors (Lipinski definition) is 4. The minimum Gasteiger partial charge on any atom is -0.506 e. The van der Waals surface area contributed by atoms with Crippen molar-refractivity contribution in [1.82, 2.24) is 0 Å². The van der Waals surface area contributed by atoms with E-state index in [1.807, 2.05) is 6.92 Å². The maximum absolute atomic E-state index is 13.1. The van der Waals surface area contributed by atoms with Crippen LogP contribution < -0.4 is 4.72 Å². The third-order valence-electron chi connectivity index (χ3n) is 2.53. The van der Waals surface area contributed by atoms with E-state index in [1.165, 1.54) is 6.07 Å². The van der Waals surface area contributed by atoms with E-state index < -0.39 is 21.6 Å². The topological polar surface area (TPSA) is 66.4 Å². The molecule has 0 saturated carbocycles. The molecule has 0 unspecified atom stereocenters. The van der Waals surface area contributed by atoms with Crippen LogP contribution in [-0.4, -0.2) is 13.5 Å². The number of rotatable bonds is 4. The van der Waals surface area contributed by atoms with E-state index in [4.69, 9.17) is 11.6 Å². The Morgan fingerprint density at radius 2 is 2.10 bits per heavy atom. The highest BCUT2D eigenvalue weighted by molar-refractivity contribution is 7.94. The maximum Gasteiger partial charge on any atom is 0.271 e. The number of halogens is 2. The van der Waals surface area contributed by atoms with Crippen LogP contribution in [0.3, 0.4) is 0 Å². The summed E-state index contributed by atoms with van der Waals surface area (Å²) in [7, 11) is -3.83. The summed E-state index contributed by atoms with van der Waals surface area (Å²) in [6.07, 6.45) is 0.730. The van der Waals surface area contributed by atoms with Crippen molar-refractivity contribution in [2.75, 3.05) is 4.72 Å². The monoisotopic (exact) mass is 335 g/mol. The van der Waals surface area contributed by atoms with Gasteiger partial charge in [0.2, 0.25) is 0 Å². The van der Waals surface area contributed by atoms with Crippen molar-refractivity contribution >= 4 is 38.6 Å². The van der Waals surface area contributed by atoms with Gasteiger partial charge in [-0.3, -0.25) is 4.72 Å². The summed E-state index contributed by atoms with van der Waals surface area (Å²) in [5.41, 5.74) is -0.164. The number of aryl methyl sites for hydroxylation is 1. The van der Waals surface area contributed by atoms with E-state index in [0.717, 1.165) is 34.8 Å². The van der Waals surface area contributed by atoms with Gasteiger partial charge in [-0.1, -0.05) is 18.5 Å². The van der Waals surface area contributed by atoms with Gasteiger partial charge in [0.05, 0.1) is 10.7 Å². The van der Waals surface area contributed by atoms with Gasteiger partial charge < -0.3 is 5.11 Å². The molecule has 0 aliphatic heterocycles. The first-order chi connectivity index (χ1) is 9.33. The third-order valence-corrected chi connectivity index (χ3v) is 5.91. The summed E-state index contributed by atoms with van der Waals surface area (Å²) >= 11 is 6.70. The molecule has 1 aromatic heterocycles. The molecule has 0 aliphatic carbocycles. The molecular formula is C12H11ClFNO3S2. The number of phenolic OH excluding ortho intramolecular Hbond substituents is 1. The third kappa shape index (κ3) is 3.05. The van der Waals surface area contributed by atoms with Gasteiger partial charge >= 0.3 is 0 Å². The van der Waals surface area contributed by atoms with Gasteiger partial charge in [-0.25, -0.2) is 12.8 Å². The van der Waals surface area contributed by atoms with Crippen LogP contribution in [0.4, 0.5) is 10.1 Å². The van der Waals surface area contributed by atoms with Crippen LogP contribution in [0, 0.1) is 5.82 Å². The Morgan fingerprint density at radius 1 is 1.40 bits per heavy atom. The highest BCUT2D eigenvalue weighted by atomic mass is 35.5. The molecule has 4 nitrogen and oxygen atoms in total. The molecule has 0 fully saturated rings. The van der Waals surface area contributed by atoms with Crippen LogP contribution >= 0.6 is 22.9 Å². The van der Waals surface area contributed by atoms with Crippen molar-refractivity contribution in [3.05, 3.63) is 40.0 Å². The van der Waals surface area contributed by atoms with E-state index in [2.05, 4.69) is 4.72 Å². The smallest absolute Gasteiger partial charge is 0.271 e. The molecule has 0 spiro atoms. The number of thiophene rings is 1. The van der Waals surface area contributed by atoms with Crippen LogP contribution in [0.5, 0.6) is 5.75 Å². The van der Waals surface area contributed by atoms with Crippen LogP contribution in [-0.2, 0) is 16.4 Å². The van der Waals surface area contributed by atoms with Crippen LogP contribution in [0.15, 0.2) is 28.5 Å². The van der Waals surface area contributed by atoms with E-state index >= 15 is 0 Å². The van der Waals surface area contributed by atoms with E-state index in [1.54, 1.807) is 6.07 Å². The summed E-state index contributed by atoms with van der Waals surface area (Å²) in [6.45, 7) is 1.92. The predicted octanol–water partition coefficient (Wildman–Crippen LogP) is 3.61. The maximum atomic E-state index is 13.1. The fraction of sp³-hybridized carbons (Fsp3) is 0.167. The normalized spacial score (nSPS) is 11.6. The van der Waals surface area contributed by atoms with Crippen molar-refractivity contribution in [2.24, 2.45) is 0 Å². The Hall–Kier alpha value is -1.31. The number of hydrogen-bond donors (Lipinski definition) is 2. The lowest BCUT2D eigenvalue weighted by molar-refractivity contribution is 0.471. The molecule has 2 N–H and O–H groups in total. The van der Waals surface area contributed by atoms with E-state index in [-0.39, 0.29) is 14.9 Å². The summed E-state index contributed by atoms with van der Waals surface area (Å²) in [5, 5.41) is 9.28. The number of benzene rings is 1. The van der Waals surface area contributed by atoms with Crippen LogP contribution in [0.2, 0.25) is 5.02 Å². The van der Waals surface area contributed by atoms with Crippen molar-refractivity contribution < 1.29 is 17.9 Å². The Balaban J connectivity index is 2.35. The minimum atomic E-state index is -3.83. The molecule has 1 aromatic carbocycles. The molecular weight excluding hydrogens is 325 g/mol. The molecule has 0 atom stereocenters. The average molecular weight is 336 g/mol. The lowest BCUT2D eigenvalue weighted by Crippen LogP contribution is -2.11. The number of phenols is 1. The Bertz CT molecular complexity index is 743. The molecule has 0 bridgehead atoms. The number of nitrogens with one attached hydrogen (secondary N) is 1. The largest absolute Gasteiger partial charge is 0.506 e. The molecule has 108 valence electrons. The summed E-state index contributed by atoms with van der Waals surface area (Å²) < 4.78 is 39.7. The first kappa shape index (κ1) is 15.1. The second-order valence-corrected chi connectivity index (χ2v) is 7.45. The highest BCUT2D eigenvalue weighted by Crippen LogP contribution is 2.32. The number of anilines is 1. The van der Waals surface area contributed by atoms with Crippen LogP contribution in [0.25, 0.3) is 0 Å². The van der Waals surface area contributed by atoms with Gasteiger partial charge in [0.25, 0.3) is 10.0 Å². The molecule has 8 heteroatoms. The summed E-state index contributed by atoms with van der Waals surface area (Å²) in [4.78, 5) is 0.923. The van der Waals surface area contributed by atoms with E-state index in [0.29, 0.717) is 0 Å². The lowest BCUT2D eigenvalue weighted by Gasteiger charge is -2.09. The molecule has 2 rings (SSSR count). The molecule has 0 radical (unpaired) electrons. The second-order valence-electron chi connectivity index (χ2n) is 3.96. The first-order valence-corrected chi connectivity index (χ1v) is 8.31. The zero-order valence-electron chi connectivity index (χ0n) is 10.4. The predicted molar refractivity (Wildman–Crippen MR) is 77.6 cm³/mol. The van der Waals surface area contributed by atoms with Gasteiger partial charge in [0.1, 0.15) is 15.8 Å². The standard InChI is InChI=1S/C12H11ClFNO3S2/c1-2-7-3-4-12(19-7)20(17,18)15-10-5-8(13)9(14)6-11(10)16/h3-6,15-16H,2H2,1H3. The first-order valence-electron chi connectivity index (χ1n) is 5.63. The van der Waals surface area contributed by atoms with Crippen molar-refractivity contribution in [3.63, 3.8) is 0 Å². The van der Waals surface area contributed by atoms with Gasteiger partial charge in [0.15, 0.2) is 0 Å². The molecule has 20 heavy (non-hydrogen) atoms. The SMILES string of the molecule is CCc1ccc(S(=O)(=O)Nc2cc(Cl)c(F)cc2O)s1. The summed E-state index contributed by atoms with van der Waals surface area (Å²) in [5.74, 6) is -1.35. The second kappa shape index (κ2) is 5.59. The van der Waals surface area contributed by atoms with Gasteiger partial charge in [-0.15, -0.1) is 11.3 Å². The number of sulfonamides is 1. The Morgan fingerprint density at radius 3 is 2.70 bits per heavy atom. The zero-order chi connectivity index (χ0) is 14.9. The molecule has 2 aromatic rings. The molecule has 0 aliphatic rings. The molecule has 0 amide bonds.